The molecule has 1 aromatic rings. The Morgan fingerprint density at radius 3 is 2.76 bits per heavy atom. The van der Waals surface area contributed by atoms with E-state index >= 15 is 0 Å². The standard InChI is InChI=1S/C12H11FN2O2/c13-12(7-15(8-12)11(17)6-16)10-4-2-1-3-9(10)5-14/h1-4,16H,6-8H2. The third kappa shape index (κ3) is 1.87. The first-order valence-electron chi connectivity index (χ1n) is 5.18. The van der Waals surface area contributed by atoms with Crippen LogP contribution in [0.5, 0.6) is 0 Å². The summed E-state index contributed by atoms with van der Waals surface area (Å²) in [5, 5.41) is 17.5. The van der Waals surface area contributed by atoms with Gasteiger partial charge in [-0.1, -0.05) is 18.2 Å². The van der Waals surface area contributed by atoms with Crippen molar-refractivity contribution >= 4 is 5.91 Å². The van der Waals surface area contributed by atoms with Crippen LogP contribution in [-0.2, 0) is 10.5 Å². The number of carbonyl (C=O) groups excluding carboxylic acids is 1. The van der Waals surface area contributed by atoms with Crippen molar-refractivity contribution in [2.75, 3.05) is 19.7 Å². The molecule has 1 heterocycles. The molecular formula is C12H11FN2O2. The number of amides is 1. The van der Waals surface area contributed by atoms with Gasteiger partial charge in [0.15, 0.2) is 5.67 Å². The lowest BCUT2D eigenvalue weighted by Crippen LogP contribution is -2.59. The van der Waals surface area contributed by atoms with Crippen molar-refractivity contribution < 1.29 is 14.3 Å². The molecule has 1 fully saturated rings. The van der Waals surface area contributed by atoms with Crippen molar-refractivity contribution in [1.82, 2.24) is 4.90 Å². The number of nitriles is 1. The van der Waals surface area contributed by atoms with E-state index in [1.165, 1.54) is 4.90 Å². The molecule has 0 atom stereocenters. The van der Waals surface area contributed by atoms with Gasteiger partial charge in [-0.05, 0) is 6.07 Å². The first-order chi connectivity index (χ1) is 8.10. The zero-order valence-corrected chi connectivity index (χ0v) is 9.06. The maximum Gasteiger partial charge on any atom is 0.248 e. The minimum absolute atomic E-state index is 0.106. The molecule has 1 N–H and O–H groups in total. The number of halogens is 1. The fourth-order valence-electron chi connectivity index (χ4n) is 1.98. The summed E-state index contributed by atoms with van der Waals surface area (Å²) in [7, 11) is 0. The Hall–Kier alpha value is -1.93. The van der Waals surface area contributed by atoms with Crippen molar-refractivity contribution in [2.45, 2.75) is 5.67 Å². The molecule has 0 unspecified atom stereocenters. The second-order valence-corrected chi connectivity index (χ2v) is 4.03. The number of rotatable bonds is 2. The molecule has 0 radical (unpaired) electrons. The van der Waals surface area contributed by atoms with Crippen LogP contribution in [0.1, 0.15) is 11.1 Å². The third-order valence-corrected chi connectivity index (χ3v) is 2.90. The molecule has 5 heteroatoms. The molecule has 0 aromatic heterocycles. The Morgan fingerprint density at radius 1 is 1.53 bits per heavy atom. The predicted molar refractivity (Wildman–Crippen MR) is 57.6 cm³/mol. The highest BCUT2D eigenvalue weighted by Crippen LogP contribution is 2.37. The summed E-state index contributed by atoms with van der Waals surface area (Å²) < 4.78 is 14.4. The highest BCUT2D eigenvalue weighted by Gasteiger charge is 2.47. The summed E-state index contributed by atoms with van der Waals surface area (Å²) in [6.45, 7) is -0.827. The molecule has 0 spiro atoms. The summed E-state index contributed by atoms with van der Waals surface area (Å²) in [5.41, 5.74) is -1.08. The average molecular weight is 234 g/mol. The topological polar surface area (TPSA) is 64.3 Å². The number of aliphatic hydroxyl groups is 1. The smallest absolute Gasteiger partial charge is 0.248 e. The number of nitrogens with zero attached hydrogens (tertiary/aromatic N) is 2. The molecule has 17 heavy (non-hydrogen) atoms. The van der Waals surface area contributed by atoms with E-state index in [1.54, 1.807) is 24.3 Å². The molecular weight excluding hydrogens is 223 g/mol. The van der Waals surface area contributed by atoms with Gasteiger partial charge in [-0.25, -0.2) is 4.39 Å². The van der Waals surface area contributed by atoms with Crippen molar-refractivity contribution in [3.05, 3.63) is 35.4 Å². The highest BCUT2D eigenvalue weighted by atomic mass is 19.1. The normalized spacial score (nSPS) is 17.1. The van der Waals surface area contributed by atoms with Gasteiger partial charge in [0.05, 0.1) is 24.7 Å². The first-order valence-corrected chi connectivity index (χ1v) is 5.18. The van der Waals surface area contributed by atoms with Gasteiger partial charge in [0.1, 0.15) is 6.61 Å². The van der Waals surface area contributed by atoms with Crippen LogP contribution in [0.2, 0.25) is 0 Å². The van der Waals surface area contributed by atoms with Gasteiger partial charge in [0, 0.05) is 5.56 Å². The van der Waals surface area contributed by atoms with E-state index in [1.807, 2.05) is 6.07 Å². The third-order valence-electron chi connectivity index (χ3n) is 2.90. The lowest BCUT2D eigenvalue weighted by Gasteiger charge is -2.44. The zero-order chi connectivity index (χ0) is 12.5. The van der Waals surface area contributed by atoms with Crippen molar-refractivity contribution in [2.24, 2.45) is 0 Å². The van der Waals surface area contributed by atoms with Crippen molar-refractivity contribution in [1.29, 1.82) is 5.26 Å². The summed E-state index contributed by atoms with van der Waals surface area (Å²) in [5.74, 6) is -0.493. The maximum absolute atomic E-state index is 14.4. The monoisotopic (exact) mass is 234 g/mol. The van der Waals surface area contributed by atoms with Crippen LogP contribution in [-0.4, -0.2) is 35.6 Å². The summed E-state index contributed by atoms with van der Waals surface area (Å²) in [6.07, 6.45) is 0. The van der Waals surface area contributed by atoms with Crippen LogP contribution >= 0.6 is 0 Å². The molecule has 88 valence electrons. The van der Waals surface area contributed by atoms with E-state index < -0.39 is 18.2 Å². The van der Waals surface area contributed by atoms with Gasteiger partial charge < -0.3 is 10.0 Å². The Morgan fingerprint density at radius 2 is 2.18 bits per heavy atom. The molecule has 0 saturated carbocycles. The van der Waals surface area contributed by atoms with Gasteiger partial charge in [0.2, 0.25) is 5.91 Å². The number of alkyl halides is 1. The lowest BCUT2D eigenvalue weighted by atomic mass is 9.85. The van der Waals surface area contributed by atoms with E-state index in [9.17, 15) is 9.18 Å². The number of benzene rings is 1. The Bertz CT molecular complexity index is 490. The van der Waals surface area contributed by atoms with Gasteiger partial charge in [0.25, 0.3) is 0 Å². The molecule has 1 aliphatic rings. The van der Waals surface area contributed by atoms with Gasteiger partial charge in [-0.15, -0.1) is 0 Å². The first kappa shape index (κ1) is 11.6. The largest absolute Gasteiger partial charge is 0.387 e. The van der Waals surface area contributed by atoms with Crippen LogP contribution in [0.15, 0.2) is 24.3 Å². The van der Waals surface area contributed by atoms with Crippen LogP contribution in [0.25, 0.3) is 0 Å². The van der Waals surface area contributed by atoms with Gasteiger partial charge >= 0.3 is 0 Å². The molecule has 1 aromatic carbocycles. The number of hydrogen-bond acceptors (Lipinski definition) is 3. The quantitative estimate of drug-likeness (QED) is 0.813. The Kier molecular flexibility index (Phi) is 2.82. The molecule has 0 bridgehead atoms. The van der Waals surface area contributed by atoms with Crippen LogP contribution in [0.4, 0.5) is 4.39 Å². The molecule has 1 amide bonds. The van der Waals surface area contributed by atoms with Crippen molar-refractivity contribution in [3.8, 4) is 6.07 Å². The fraction of sp³-hybridized carbons (Fsp3) is 0.333. The second kappa shape index (κ2) is 4.15. The van der Waals surface area contributed by atoms with Crippen molar-refractivity contribution in [3.63, 3.8) is 0 Å². The number of aliphatic hydroxyl groups excluding tert-OH is 1. The van der Waals surface area contributed by atoms with Gasteiger partial charge in [-0.2, -0.15) is 5.26 Å². The maximum atomic E-state index is 14.4. The minimum atomic E-state index is -1.67. The lowest BCUT2D eigenvalue weighted by molar-refractivity contribution is -0.149. The molecule has 4 nitrogen and oxygen atoms in total. The van der Waals surface area contributed by atoms with E-state index in [2.05, 4.69) is 0 Å². The molecule has 2 rings (SSSR count). The number of carbonyl (C=O) groups is 1. The Balaban J connectivity index is 2.20. The molecule has 1 saturated heterocycles. The van der Waals surface area contributed by atoms with E-state index in [0.29, 0.717) is 5.56 Å². The summed E-state index contributed by atoms with van der Waals surface area (Å²) in [6, 6.07) is 8.37. The molecule has 1 aliphatic heterocycles. The van der Waals surface area contributed by atoms with Gasteiger partial charge in [-0.3, -0.25) is 4.79 Å². The number of hydrogen-bond donors (Lipinski definition) is 1. The minimum Gasteiger partial charge on any atom is -0.387 e. The Labute approximate surface area is 97.9 Å². The van der Waals surface area contributed by atoms with E-state index in [0.717, 1.165) is 0 Å². The SMILES string of the molecule is N#Cc1ccccc1C1(F)CN(C(=O)CO)C1. The summed E-state index contributed by atoms with van der Waals surface area (Å²) >= 11 is 0. The van der Waals surface area contributed by atoms with E-state index in [-0.39, 0.29) is 18.7 Å². The zero-order valence-electron chi connectivity index (χ0n) is 9.06. The average Bonchev–Trinajstić information content (AvgIpc) is 2.34. The fourth-order valence-corrected chi connectivity index (χ4v) is 1.98. The van der Waals surface area contributed by atoms with E-state index in [4.69, 9.17) is 10.4 Å². The molecule has 0 aliphatic carbocycles. The summed E-state index contributed by atoms with van der Waals surface area (Å²) in [4.78, 5) is 12.3. The second-order valence-electron chi connectivity index (χ2n) is 4.03. The van der Waals surface area contributed by atoms with Crippen LogP contribution in [0, 0.1) is 11.3 Å². The van der Waals surface area contributed by atoms with Crippen LogP contribution < -0.4 is 0 Å². The highest BCUT2D eigenvalue weighted by molar-refractivity contribution is 5.78. The number of likely N-dealkylation sites (tertiary alicyclic amines) is 1. The van der Waals surface area contributed by atoms with Crippen LogP contribution in [0.3, 0.4) is 0 Å². The predicted octanol–water partition coefficient (Wildman–Crippen LogP) is 0.558.